The summed E-state index contributed by atoms with van der Waals surface area (Å²) in [4.78, 5) is 11.0. The molecule has 1 unspecified atom stereocenters. The van der Waals surface area contributed by atoms with Crippen LogP contribution >= 0.6 is 0 Å². The van der Waals surface area contributed by atoms with Crippen LogP contribution in [0.15, 0.2) is 24.3 Å². The van der Waals surface area contributed by atoms with E-state index in [1.165, 1.54) is 0 Å². The molecule has 0 aromatic heterocycles. The molecule has 56 valence electrons. The van der Waals surface area contributed by atoms with E-state index in [0.717, 1.165) is 0 Å². The van der Waals surface area contributed by atoms with Gasteiger partial charge in [0.15, 0.2) is 0 Å². The molecule has 1 amide bonds. The molecule has 1 N–H and O–H groups in total. The first-order valence-electron chi connectivity index (χ1n) is 3.11. The zero-order chi connectivity index (χ0) is 7.84. The Labute approximate surface area is 67.7 Å². The number of rotatable bonds is 0. The van der Waals surface area contributed by atoms with Gasteiger partial charge in [0.25, 0.3) is 0 Å². The average Bonchev–Trinajstić information content (AvgIpc) is 2.30. The first-order chi connectivity index (χ1) is 5.29. The third kappa shape index (κ3) is 0.914. The number of nitrogens with one attached hydrogen (secondary N) is 1. The Morgan fingerprint density at radius 3 is 2.73 bits per heavy atom. The van der Waals surface area contributed by atoms with Gasteiger partial charge >= 0.3 is 67.2 Å². The summed E-state index contributed by atoms with van der Waals surface area (Å²) in [6.07, 6.45) is 0. The molecular formula is C7H5NO2Se. The van der Waals surface area contributed by atoms with Gasteiger partial charge in [0, 0.05) is 0 Å². The number of fused-ring (bicyclic) bond motifs is 1. The van der Waals surface area contributed by atoms with Crippen LogP contribution in [-0.4, -0.2) is 20.0 Å². The Bertz CT molecular complexity index is 315. The summed E-state index contributed by atoms with van der Waals surface area (Å²) in [6, 6.07) is 6.97. The van der Waals surface area contributed by atoms with Crippen LogP contribution < -0.4 is 8.79 Å². The van der Waals surface area contributed by atoms with Gasteiger partial charge in [-0.05, 0) is 0 Å². The Balaban J connectivity index is 2.69. The zero-order valence-electron chi connectivity index (χ0n) is 5.53. The Hall–Kier alpha value is -0.991. The van der Waals surface area contributed by atoms with Crippen LogP contribution in [0.2, 0.25) is 0 Å². The molecule has 0 saturated heterocycles. The molecule has 1 aliphatic rings. The molecule has 1 heterocycles. The topological polar surface area (TPSA) is 46.2 Å². The van der Waals surface area contributed by atoms with Gasteiger partial charge < -0.3 is 0 Å². The molecule has 2 rings (SSSR count). The summed E-state index contributed by atoms with van der Waals surface area (Å²) >= 11 is -2.23. The second-order valence-corrected chi connectivity index (χ2v) is 4.67. The number of amides is 1. The molecular weight excluding hydrogens is 209 g/mol. The van der Waals surface area contributed by atoms with Gasteiger partial charge in [-0.15, -0.1) is 0 Å². The molecule has 0 aliphatic carbocycles. The van der Waals surface area contributed by atoms with E-state index in [4.69, 9.17) is 0 Å². The van der Waals surface area contributed by atoms with Gasteiger partial charge in [0.2, 0.25) is 0 Å². The standard InChI is InChI=1S/C7H5NO2Se/c9-7-5-3-1-2-4-6(5)11(10)8-7/h1-4H,(H,8,9). The normalized spacial score (nSPS) is 21.1. The van der Waals surface area contributed by atoms with Gasteiger partial charge in [-0.1, -0.05) is 0 Å². The van der Waals surface area contributed by atoms with Crippen LogP contribution in [0.1, 0.15) is 10.4 Å². The first-order valence-corrected chi connectivity index (χ1v) is 5.52. The second kappa shape index (κ2) is 2.26. The molecule has 0 bridgehead atoms. The van der Waals surface area contributed by atoms with E-state index in [1.807, 2.05) is 0 Å². The van der Waals surface area contributed by atoms with Crippen molar-refractivity contribution in [3.8, 4) is 0 Å². The maximum absolute atomic E-state index is 11.2. The fraction of sp³-hybridized carbons (Fsp3) is 0. The summed E-state index contributed by atoms with van der Waals surface area (Å²) in [5, 5.41) is 0. The molecule has 11 heavy (non-hydrogen) atoms. The average molecular weight is 214 g/mol. The van der Waals surface area contributed by atoms with E-state index in [-0.39, 0.29) is 5.91 Å². The molecule has 0 fully saturated rings. The van der Waals surface area contributed by atoms with Crippen LogP contribution in [0.5, 0.6) is 0 Å². The molecule has 4 heteroatoms. The molecule has 0 radical (unpaired) electrons. The molecule has 3 nitrogen and oxygen atoms in total. The van der Waals surface area contributed by atoms with Crippen LogP contribution in [0.4, 0.5) is 0 Å². The van der Waals surface area contributed by atoms with Crippen molar-refractivity contribution in [3.05, 3.63) is 29.8 Å². The van der Waals surface area contributed by atoms with Gasteiger partial charge in [-0.3, -0.25) is 0 Å². The first kappa shape index (κ1) is 6.70. The molecule has 1 aromatic carbocycles. The van der Waals surface area contributed by atoms with Crippen LogP contribution in [0.3, 0.4) is 0 Å². The summed E-state index contributed by atoms with van der Waals surface area (Å²) in [6.45, 7) is 0. The van der Waals surface area contributed by atoms with Gasteiger partial charge in [0.1, 0.15) is 0 Å². The molecule has 1 aromatic rings. The predicted octanol–water partition coefficient (Wildman–Crippen LogP) is -0.444. The van der Waals surface area contributed by atoms with Crippen molar-refractivity contribution < 1.29 is 8.63 Å². The van der Waals surface area contributed by atoms with Gasteiger partial charge in [-0.25, -0.2) is 0 Å². The predicted molar refractivity (Wildman–Crippen MR) is 40.0 cm³/mol. The monoisotopic (exact) mass is 215 g/mol. The summed E-state index contributed by atoms with van der Waals surface area (Å²) in [7, 11) is 0. The van der Waals surface area contributed by atoms with Crippen molar-refractivity contribution in [1.82, 2.24) is 4.33 Å². The van der Waals surface area contributed by atoms with E-state index in [0.29, 0.717) is 10.0 Å². The van der Waals surface area contributed by atoms with Crippen LogP contribution in [0.25, 0.3) is 0 Å². The van der Waals surface area contributed by atoms with Crippen molar-refractivity contribution in [2.45, 2.75) is 0 Å². The SMILES string of the molecule is O=C1N[Se](=O)c2ccccc21. The van der Waals surface area contributed by atoms with Gasteiger partial charge in [-0.2, -0.15) is 0 Å². The number of hydrogen-bond acceptors (Lipinski definition) is 2. The minimum atomic E-state index is -2.23. The Morgan fingerprint density at radius 2 is 2.00 bits per heavy atom. The van der Waals surface area contributed by atoms with Crippen molar-refractivity contribution in [2.24, 2.45) is 0 Å². The van der Waals surface area contributed by atoms with Crippen LogP contribution in [-0.2, 0) is 3.83 Å². The fourth-order valence-electron chi connectivity index (χ4n) is 1.01. The minimum absolute atomic E-state index is 0.208. The fourth-order valence-corrected chi connectivity index (χ4v) is 3.01. The van der Waals surface area contributed by atoms with E-state index in [2.05, 4.69) is 4.33 Å². The maximum atomic E-state index is 11.2. The molecule has 1 aliphatic heterocycles. The van der Waals surface area contributed by atoms with Crippen molar-refractivity contribution in [1.29, 1.82) is 0 Å². The zero-order valence-corrected chi connectivity index (χ0v) is 7.25. The molecule has 0 saturated carbocycles. The number of carbonyl (C=O) groups is 1. The van der Waals surface area contributed by atoms with E-state index in [1.54, 1.807) is 24.3 Å². The molecule has 1 atom stereocenters. The molecule has 0 spiro atoms. The number of carbonyl (C=O) groups excluding carboxylic acids is 1. The summed E-state index contributed by atoms with van der Waals surface area (Å²) in [5.74, 6) is -0.208. The van der Waals surface area contributed by atoms with Crippen LogP contribution in [0, 0.1) is 0 Å². The Morgan fingerprint density at radius 1 is 1.27 bits per heavy atom. The van der Waals surface area contributed by atoms with Crippen molar-refractivity contribution in [3.63, 3.8) is 0 Å². The summed E-state index contributed by atoms with van der Waals surface area (Å²) < 4.78 is 14.2. The van der Waals surface area contributed by atoms with E-state index < -0.39 is 14.1 Å². The third-order valence-electron chi connectivity index (χ3n) is 1.52. The third-order valence-corrected chi connectivity index (χ3v) is 3.88. The van der Waals surface area contributed by atoms with Crippen molar-refractivity contribution in [2.75, 3.05) is 0 Å². The van der Waals surface area contributed by atoms with E-state index >= 15 is 0 Å². The van der Waals surface area contributed by atoms with E-state index in [9.17, 15) is 8.63 Å². The quantitative estimate of drug-likeness (QED) is 0.595. The number of hydrogen-bond donors (Lipinski definition) is 1. The second-order valence-electron chi connectivity index (χ2n) is 2.20. The number of benzene rings is 1. The van der Waals surface area contributed by atoms with Gasteiger partial charge in [0.05, 0.1) is 0 Å². The van der Waals surface area contributed by atoms with Crippen molar-refractivity contribution >= 4 is 24.4 Å². The Kier molecular flexibility index (Phi) is 1.37. The summed E-state index contributed by atoms with van der Waals surface area (Å²) in [5.41, 5.74) is 0.563.